The Hall–Kier alpha value is -3.87. The second kappa shape index (κ2) is 8.34. The predicted octanol–water partition coefficient (Wildman–Crippen LogP) is 5.41. The van der Waals surface area contributed by atoms with E-state index in [0.29, 0.717) is 11.3 Å². The molecule has 0 atom stereocenters. The van der Waals surface area contributed by atoms with E-state index in [2.05, 4.69) is 5.32 Å². The maximum absolute atomic E-state index is 13.2. The Balaban J connectivity index is 1.70. The standard InChI is InChI=1S/C25H19F3N2O2/c1-16-10-12-20(13-11-16)29-22-21(18-7-3-2-4-8-18)23(31)30(24(22)32)15-17-6-5-9-19(14-17)25(26,27)28/h2-14,29H,15H2,1H3. The zero-order valence-electron chi connectivity index (χ0n) is 17.1. The highest BCUT2D eigenvalue weighted by Gasteiger charge is 2.39. The lowest BCUT2D eigenvalue weighted by Gasteiger charge is -2.16. The van der Waals surface area contributed by atoms with Gasteiger partial charge in [0.2, 0.25) is 0 Å². The number of rotatable bonds is 5. The highest BCUT2D eigenvalue weighted by Crippen LogP contribution is 2.33. The van der Waals surface area contributed by atoms with Crippen molar-refractivity contribution < 1.29 is 22.8 Å². The minimum absolute atomic E-state index is 0.0945. The molecule has 0 aromatic heterocycles. The van der Waals surface area contributed by atoms with Gasteiger partial charge in [0.15, 0.2) is 0 Å². The first kappa shape index (κ1) is 21.4. The zero-order chi connectivity index (χ0) is 22.9. The second-order valence-electron chi connectivity index (χ2n) is 7.50. The van der Waals surface area contributed by atoms with Crippen LogP contribution < -0.4 is 5.32 Å². The largest absolute Gasteiger partial charge is 0.416 e. The Morgan fingerprint density at radius 2 is 1.53 bits per heavy atom. The van der Waals surface area contributed by atoms with Crippen LogP contribution in [-0.4, -0.2) is 16.7 Å². The summed E-state index contributed by atoms with van der Waals surface area (Å²) in [6.45, 7) is 1.66. The number of anilines is 1. The molecule has 3 aromatic carbocycles. The number of carbonyl (C=O) groups is 2. The Morgan fingerprint density at radius 1 is 0.844 bits per heavy atom. The van der Waals surface area contributed by atoms with Crippen molar-refractivity contribution in [1.29, 1.82) is 0 Å². The number of hydrogen-bond acceptors (Lipinski definition) is 3. The fourth-order valence-corrected chi connectivity index (χ4v) is 3.52. The lowest BCUT2D eigenvalue weighted by Crippen LogP contribution is -2.32. The van der Waals surface area contributed by atoms with Gasteiger partial charge in [0.1, 0.15) is 5.70 Å². The molecule has 4 nitrogen and oxygen atoms in total. The van der Waals surface area contributed by atoms with Crippen molar-refractivity contribution in [3.8, 4) is 0 Å². The number of benzene rings is 3. The van der Waals surface area contributed by atoms with Crippen LogP contribution in [0.3, 0.4) is 0 Å². The molecule has 32 heavy (non-hydrogen) atoms. The summed E-state index contributed by atoms with van der Waals surface area (Å²) in [6.07, 6.45) is -4.51. The van der Waals surface area contributed by atoms with Crippen molar-refractivity contribution in [1.82, 2.24) is 4.90 Å². The van der Waals surface area contributed by atoms with Crippen LogP contribution in [0.2, 0.25) is 0 Å². The minimum Gasteiger partial charge on any atom is -0.350 e. The van der Waals surface area contributed by atoms with Crippen LogP contribution in [0.5, 0.6) is 0 Å². The minimum atomic E-state index is -4.51. The van der Waals surface area contributed by atoms with E-state index >= 15 is 0 Å². The van der Waals surface area contributed by atoms with Crippen molar-refractivity contribution in [2.45, 2.75) is 19.6 Å². The van der Waals surface area contributed by atoms with Gasteiger partial charge in [-0.2, -0.15) is 13.2 Å². The Bertz CT molecular complexity index is 1200. The van der Waals surface area contributed by atoms with Crippen molar-refractivity contribution in [2.75, 3.05) is 5.32 Å². The normalized spacial score (nSPS) is 14.3. The van der Waals surface area contributed by atoms with Gasteiger partial charge in [0.25, 0.3) is 11.8 Å². The smallest absolute Gasteiger partial charge is 0.350 e. The van der Waals surface area contributed by atoms with Gasteiger partial charge < -0.3 is 5.32 Å². The van der Waals surface area contributed by atoms with E-state index in [1.54, 1.807) is 42.5 Å². The zero-order valence-corrected chi connectivity index (χ0v) is 17.1. The monoisotopic (exact) mass is 436 g/mol. The van der Waals surface area contributed by atoms with Crippen LogP contribution >= 0.6 is 0 Å². The third-order valence-corrected chi connectivity index (χ3v) is 5.15. The number of nitrogens with one attached hydrogen (secondary N) is 1. The molecule has 0 saturated carbocycles. The van der Waals surface area contributed by atoms with Crippen LogP contribution in [0.1, 0.15) is 22.3 Å². The van der Waals surface area contributed by atoms with Crippen molar-refractivity contribution in [3.63, 3.8) is 0 Å². The van der Waals surface area contributed by atoms with Crippen molar-refractivity contribution in [3.05, 3.63) is 107 Å². The number of imide groups is 1. The van der Waals surface area contributed by atoms with Gasteiger partial charge in [-0.3, -0.25) is 14.5 Å². The number of alkyl halides is 3. The van der Waals surface area contributed by atoms with E-state index in [4.69, 9.17) is 0 Å². The lowest BCUT2D eigenvalue weighted by molar-refractivity contribution is -0.137. The summed E-state index contributed by atoms with van der Waals surface area (Å²) >= 11 is 0. The third-order valence-electron chi connectivity index (χ3n) is 5.15. The summed E-state index contributed by atoms with van der Waals surface area (Å²) in [7, 11) is 0. The first-order chi connectivity index (χ1) is 15.2. The average Bonchev–Trinajstić information content (AvgIpc) is 3.00. The van der Waals surface area contributed by atoms with Crippen LogP contribution in [0, 0.1) is 6.92 Å². The Morgan fingerprint density at radius 3 is 2.19 bits per heavy atom. The topological polar surface area (TPSA) is 49.4 Å². The molecule has 2 amide bonds. The van der Waals surface area contributed by atoms with Crippen LogP contribution in [0.15, 0.2) is 84.6 Å². The Labute approximate surface area is 183 Å². The van der Waals surface area contributed by atoms with Crippen molar-refractivity contribution >= 4 is 23.1 Å². The number of carbonyl (C=O) groups excluding carboxylic acids is 2. The molecule has 7 heteroatoms. The number of aryl methyl sites for hydroxylation is 1. The van der Waals surface area contributed by atoms with Crippen LogP contribution in [0.25, 0.3) is 5.57 Å². The molecule has 1 aliphatic heterocycles. The quantitative estimate of drug-likeness (QED) is 0.545. The molecule has 0 fully saturated rings. The van der Waals surface area contributed by atoms with E-state index in [9.17, 15) is 22.8 Å². The molecule has 0 spiro atoms. The van der Waals surface area contributed by atoms with Gasteiger partial charge in [0.05, 0.1) is 17.7 Å². The molecule has 4 rings (SSSR count). The molecule has 0 aliphatic carbocycles. The highest BCUT2D eigenvalue weighted by molar-refractivity contribution is 6.36. The Kier molecular flexibility index (Phi) is 5.57. The van der Waals surface area contributed by atoms with Crippen LogP contribution in [0.4, 0.5) is 18.9 Å². The summed E-state index contributed by atoms with van der Waals surface area (Å²) in [5.41, 5.74) is 1.87. The predicted molar refractivity (Wildman–Crippen MR) is 115 cm³/mol. The molecule has 1 aliphatic rings. The van der Waals surface area contributed by atoms with Crippen molar-refractivity contribution in [2.24, 2.45) is 0 Å². The molecule has 0 bridgehead atoms. The van der Waals surface area contributed by atoms with E-state index in [-0.39, 0.29) is 23.4 Å². The summed E-state index contributed by atoms with van der Waals surface area (Å²) < 4.78 is 39.3. The third kappa shape index (κ3) is 4.27. The van der Waals surface area contributed by atoms with Crippen LogP contribution in [-0.2, 0) is 22.3 Å². The maximum atomic E-state index is 13.2. The summed E-state index contributed by atoms with van der Waals surface area (Å²) in [6, 6.07) is 20.7. The molecule has 0 radical (unpaired) electrons. The molecule has 0 saturated heterocycles. The number of nitrogens with zero attached hydrogens (tertiary/aromatic N) is 1. The van der Waals surface area contributed by atoms with Gasteiger partial charge in [-0.15, -0.1) is 0 Å². The fraction of sp³-hybridized carbons (Fsp3) is 0.120. The first-order valence-corrected chi connectivity index (χ1v) is 9.90. The van der Waals surface area contributed by atoms with Gasteiger partial charge in [-0.1, -0.05) is 60.2 Å². The highest BCUT2D eigenvalue weighted by atomic mass is 19.4. The maximum Gasteiger partial charge on any atom is 0.416 e. The second-order valence-corrected chi connectivity index (χ2v) is 7.50. The fourth-order valence-electron chi connectivity index (χ4n) is 3.52. The van der Waals surface area contributed by atoms with E-state index in [0.717, 1.165) is 22.6 Å². The van der Waals surface area contributed by atoms with Gasteiger partial charge in [-0.05, 0) is 42.3 Å². The summed E-state index contributed by atoms with van der Waals surface area (Å²) in [4.78, 5) is 27.4. The molecular formula is C25H19F3N2O2. The van der Waals surface area contributed by atoms with Gasteiger partial charge in [0, 0.05) is 5.69 Å². The average molecular weight is 436 g/mol. The van der Waals surface area contributed by atoms with E-state index in [1.807, 2.05) is 19.1 Å². The van der Waals surface area contributed by atoms with E-state index in [1.165, 1.54) is 12.1 Å². The first-order valence-electron chi connectivity index (χ1n) is 9.90. The molecule has 3 aromatic rings. The molecular weight excluding hydrogens is 417 g/mol. The number of hydrogen-bond donors (Lipinski definition) is 1. The van der Waals surface area contributed by atoms with Gasteiger partial charge in [-0.25, -0.2) is 0 Å². The summed E-state index contributed by atoms with van der Waals surface area (Å²) in [5, 5.41) is 3.04. The SMILES string of the molecule is Cc1ccc(NC2=C(c3ccccc3)C(=O)N(Cc3cccc(C(F)(F)F)c3)C2=O)cc1. The molecule has 1 heterocycles. The number of halogens is 3. The molecule has 1 N–H and O–H groups in total. The summed E-state index contributed by atoms with van der Waals surface area (Å²) in [5.74, 6) is -1.15. The number of amides is 2. The van der Waals surface area contributed by atoms with Gasteiger partial charge >= 0.3 is 6.18 Å². The van der Waals surface area contributed by atoms with E-state index < -0.39 is 23.6 Å². The lowest BCUT2D eigenvalue weighted by atomic mass is 10.0. The molecule has 162 valence electrons. The molecule has 0 unspecified atom stereocenters.